The van der Waals surface area contributed by atoms with Crippen molar-refractivity contribution in [2.45, 2.75) is 18.9 Å². The standard InChI is InChI=1S/C18H18N2O3/c1-22-17-11(15-7-4-10-23-15)8-9-14-16(17)18(21)20-13-6-3-2-5-12(13)19-14/h2-3,5-6,8-9,15,19H,4,7,10H2,1H3,(H,20,21). The van der Waals surface area contributed by atoms with Crippen molar-refractivity contribution in [1.82, 2.24) is 0 Å². The third-order valence-corrected chi connectivity index (χ3v) is 4.34. The Balaban J connectivity index is 1.85. The number of carbonyl (C=O) groups is 1. The maximum atomic E-state index is 12.7. The van der Waals surface area contributed by atoms with Gasteiger partial charge in [0.1, 0.15) is 11.3 Å². The van der Waals surface area contributed by atoms with Crippen molar-refractivity contribution >= 4 is 23.0 Å². The third-order valence-electron chi connectivity index (χ3n) is 4.34. The van der Waals surface area contributed by atoms with Gasteiger partial charge < -0.3 is 20.1 Å². The van der Waals surface area contributed by atoms with E-state index < -0.39 is 0 Å². The molecule has 4 rings (SSSR count). The smallest absolute Gasteiger partial charge is 0.261 e. The molecule has 0 aromatic heterocycles. The maximum Gasteiger partial charge on any atom is 0.261 e. The zero-order chi connectivity index (χ0) is 15.8. The van der Waals surface area contributed by atoms with E-state index in [0.717, 1.165) is 42.1 Å². The Bertz CT molecular complexity index is 767. The highest BCUT2D eigenvalue weighted by Gasteiger charge is 2.29. The number of anilines is 3. The largest absolute Gasteiger partial charge is 0.495 e. The lowest BCUT2D eigenvalue weighted by molar-refractivity contribution is 0.101. The monoisotopic (exact) mass is 310 g/mol. The lowest BCUT2D eigenvalue weighted by Gasteiger charge is -2.18. The second-order valence-electron chi connectivity index (χ2n) is 5.74. The molecular formula is C18H18N2O3. The summed E-state index contributed by atoms with van der Waals surface area (Å²) in [6.07, 6.45) is 1.97. The van der Waals surface area contributed by atoms with Crippen molar-refractivity contribution in [1.29, 1.82) is 0 Å². The summed E-state index contributed by atoms with van der Waals surface area (Å²) < 4.78 is 11.4. The molecule has 2 aromatic carbocycles. The van der Waals surface area contributed by atoms with Gasteiger partial charge in [0.15, 0.2) is 0 Å². The number of ether oxygens (including phenoxy) is 2. The maximum absolute atomic E-state index is 12.7. The molecule has 0 bridgehead atoms. The van der Waals surface area contributed by atoms with Crippen LogP contribution in [0.15, 0.2) is 36.4 Å². The molecule has 0 aliphatic carbocycles. The van der Waals surface area contributed by atoms with E-state index in [1.165, 1.54) is 0 Å². The van der Waals surface area contributed by atoms with Crippen LogP contribution in [0.25, 0.3) is 0 Å². The molecule has 118 valence electrons. The van der Waals surface area contributed by atoms with Gasteiger partial charge in [-0.3, -0.25) is 4.79 Å². The summed E-state index contributed by atoms with van der Waals surface area (Å²) in [4.78, 5) is 12.7. The van der Waals surface area contributed by atoms with Crippen molar-refractivity contribution in [3.8, 4) is 5.75 Å². The van der Waals surface area contributed by atoms with Gasteiger partial charge in [-0.05, 0) is 31.0 Å². The predicted molar refractivity (Wildman–Crippen MR) is 88.6 cm³/mol. The highest BCUT2D eigenvalue weighted by Crippen LogP contribution is 2.42. The molecule has 0 radical (unpaired) electrons. The average molecular weight is 310 g/mol. The van der Waals surface area contributed by atoms with Gasteiger partial charge in [0, 0.05) is 12.2 Å². The molecule has 2 N–H and O–H groups in total. The Kier molecular flexibility index (Phi) is 3.42. The van der Waals surface area contributed by atoms with Crippen molar-refractivity contribution in [2.24, 2.45) is 0 Å². The molecule has 1 saturated heterocycles. The molecule has 2 aliphatic rings. The zero-order valence-corrected chi connectivity index (χ0v) is 12.9. The van der Waals surface area contributed by atoms with Gasteiger partial charge in [0.25, 0.3) is 5.91 Å². The van der Waals surface area contributed by atoms with Crippen LogP contribution in [0.4, 0.5) is 17.1 Å². The summed E-state index contributed by atoms with van der Waals surface area (Å²) in [5, 5.41) is 6.27. The van der Waals surface area contributed by atoms with E-state index in [2.05, 4.69) is 10.6 Å². The number of rotatable bonds is 2. The summed E-state index contributed by atoms with van der Waals surface area (Å²) in [5.74, 6) is 0.418. The Morgan fingerprint density at radius 3 is 2.57 bits per heavy atom. The van der Waals surface area contributed by atoms with Crippen LogP contribution >= 0.6 is 0 Å². The van der Waals surface area contributed by atoms with E-state index in [4.69, 9.17) is 9.47 Å². The second-order valence-corrected chi connectivity index (χ2v) is 5.74. The minimum Gasteiger partial charge on any atom is -0.495 e. The fourth-order valence-corrected chi connectivity index (χ4v) is 3.26. The van der Waals surface area contributed by atoms with Crippen LogP contribution < -0.4 is 15.4 Å². The Labute approximate surface area is 134 Å². The first kappa shape index (κ1) is 14.1. The van der Waals surface area contributed by atoms with Gasteiger partial charge in [0.2, 0.25) is 0 Å². The van der Waals surface area contributed by atoms with Gasteiger partial charge in [-0.1, -0.05) is 18.2 Å². The van der Waals surface area contributed by atoms with Crippen LogP contribution in [-0.4, -0.2) is 19.6 Å². The van der Waals surface area contributed by atoms with Crippen LogP contribution in [0.1, 0.15) is 34.9 Å². The van der Waals surface area contributed by atoms with Gasteiger partial charge in [0.05, 0.1) is 30.3 Å². The molecule has 23 heavy (non-hydrogen) atoms. The first-order valence-electron chi connectivity index (χ1n) is 7.78. The molecule has 5 nitrogen and oxygen atoms in total. The summed E-state index contributed by atoms with van der Waals surface area (Å²) in [5.41, 5.74) is 3.83. The van der Waals surface area contributed by atoms with Crippen LogP contribution in [0, 0.1) is 0 Å². The summed E-state index contributed by atoms with van der Waals surface area (Å²) in [6.45, 7) is 0.751. The first-order valence-corrected chi connectivity index (χ1v) is 7.78. The molecule has 1 amide bonds. The van der Waals surface area contributed by atoms with Crippen LogP contribution in [0.2, 0.25) is 0 Å². The van der Waals surface area contributed by atoms with Crippen LogP contribution in [0.3, 0.4) is 0 Å². The minimum atomic E-state index is -0.172. The molecule has 2 heterocycles. The summed E-state index contributed by atoms with van der Waals surface area (Å²) >= 11 is 0. The Morgan fingerprint density at radius 1 is 1.09 bits per heavy atom. The number of fused-ring (bicyclic) bond motifs is 2. The number of benzene rings is 2. The zero-order valence-electron chi connectivity index (χ0n) is 12.9. The minimum absolute atomic E-state index is 0.00585. The van der Waals surface area contributed by atoms with E-state index >= 15 is 0 Å². The summed E-state index contributed by atoms with van der Waals surface area (Å²) in [7, 11) is 1.60. The van der Waals surface area contributed by atoms with E-state index in [1.54, 1.807) is 7.11 Å². The molecule has 1 fully saturated rings. The number of hydrogen-bond donors (Lipinski definition) is 2. The molecule has 2 aromatic rings. The lowest BCUT2D eigenvalue weighted by atomic mass is 10.00. The Morgan fingerprint density at radius 2 is 1.87 bits per heavy atom. The SMILES string of the molecule is COc1c(C2CCCO2)ccc2c1C(=O)Nc1ccccc1N2. The van der Waals surface area contributed by atoms with Crippen molar-refractivity contribution in [2.75, 3.05) is 24.4 Å². The lowest BCUT2D eigenvalue weighted by Crippen LogP contribution is -2.14. The van der Waals surface area contributed by atoms with E-state index in [9.17, 15) is 4.79 Å². The van der Waals surface area contributed by atoms with Crippen LogP contribution in [-0.2, 0) is 4.74 Å². The number of hydrogen-bond acceptors (Lipinski definition) is 4. The quantitative estimate of drug-likeness (QED) is 0.884. The number of nitrogens with one attached hydrogen (secondary N) is 2. The van der Waals surface area contributed by atoms with Crippen molar-refractivity contribution < 1.29 is 14.3 Å². The molecule has 0 spiro atoms. The normalized spacial score (nSPS) is 19.2. The molecule has 1 atom stereocenters. The number of methoxy groups -OCH3 is 1. The van der Waals surface area contributed by atoms with Gasteiger partial charge >= 0.3 is 0 Å². The highest BCUT2D eigenvalue weighted by molar-refractivity contribution is 6.14. The fraction of sp³-hybridized carbons (Fsp3) is 0.278. The van der Waals surface area contributed by atoms with Crippen molar-refractivity contribution in [3.05, 3.63) is 47.5 Å². The van der Waals surface area contributed by atoms with Gasteiger partial charge in [-0.2, -0.15) is 0 Å². The van der Waals surface area contributed by atoms with E-state index in [0.29, 0.717) is 11.3 Å². The molecule has 5 heteroatoms. The van der Waals surface area contributed by atoms with Gasteiger partial charge in [-0.15, -0.1) is 0 Å². The van der Waals surface area contributed by atoms with Crippen molar-refractivity contribution in [3.63, 3.8) is 0 Å². The number of amides is 1. The van der Waals surface area contributed by atoms with E-state index in [-0.39, 0.29) is 12.0 Å². The number of carbonyl (C=O) groups excluding carboxylic acids is 1. The van der Waals surface area contributed by atoms with Crippen LogP contribution in [0.5, 0.6) is 5.75 Å². The topological polar surface area (TPSA) is 59.6 Å². The fourth-order valence-electron chi connectivity index (χ4n) is 3.26. The first-order chi connectivity index (χ1) is 11.3. The molecule has 0 saturated carbocycles. The summed E-state index contributed by atoms with van der Waals surface area (Å²) in [6, 6.07) is 11.6. The average Bonchev–Trinajstić information content (AvgIpc) is 3.05. The molecule has 2 aliphatic heterocycles. The number of para-hydroxylation sites is 2. The van der Waals surface area contributed by atoms with Gasteiger partial charge in [-0.25, -0.2) is 0 Å². The van der Waals surface area contributed by atoms with E-state index in [1.807, 2.05) is 36.4 Å². The second kappa shape index (κ2) is 5.59. The predicted octanol–water partition coefficient (Wildman–Crippen LogP) is 3.86. The third kappa shape index (κ3) is 2.33. The Hall–Kier alpha value is -2.53. The molecule has 1 unspecified atom stereocenters. The highest BCUT2D eigenvalue weighted by atomic mass is 16.5. The molecular weight excluding hydrogens is 292 g/mol.